The number of aliphatic hydroxyl groups excluding tert-OH is 1. The molecule has 0 radical (unpaired) electrons. The zero-order chi connectivity index (χ0) is 9.68. The Morgan fingerprint density at radius 1 is 1.31 bits per heavy atom. The molecule has 0 fully saturated rings. The van der Waals surface area contributed by atoms with Gasteiger partial charge in [0, 0.05) is 24.5 Å². The van der Waals surface area contributed by atoms with E-state index >= 15 is 0 Å². The van der Waals surface area contributed by atoms with E-state index in [1.165, 1.54) is 0 Å². The van der Waals surface area contributed by atoms with E-state index in [1.807, 2.05) is 24.3 Å². The molecule has 3 heteroatoms. The summed E-state index contributed by atoms with van der Waals surface area (Å²) >= 11 is 0. The van der Waals surface area contributed by atoms with Gasteiger partial charge < -0.3 is 15.7 Å². The van der Waals surface area contributed by atoms with Gasteiger partial charge in [0.2, 0.25) is 0 Å². The van der Waals surface area contributed by atoms with E-state index in [2.05, 4.69) is 11.8 Å². The van der Waals surface area contributed by atoms with Crippen LogP contribution < -0.4 is 10.6 Å². The molecular formula is C10H16N2O. The molecule has 3 N–H and O–H groups in total. The maximum atomic E-state index is 8.82. The number of nitrogen functional groups attached to an aromatic ring is 1. The molecule has 0 amide bonds. The molecule has 0 aliphatic heterocycles. The molecule has 1 rings (SSSR count). The standard InChI is InChI=1S/C10H16N2O/c1-2-12(7-8-13)10-5-3-9(11)4-6-10/h3-6,13H,2,7-8,11H2,1H3. The Kier molecular flexibility index (Phi) is 3.58. The molecule has 0 heterocycles. The number of nitrogens with two attached hydrogens (primary N) is 1. The number of nitrogens with zero attached hydrogens (tertiary/aromatic N) is 1. The molecule has 0 spiro atoms. The van der Waals surface area contributed by atoms with Crippen LogP contribution in [0.4, 0.5) is 11.4 Å². The third kappa shape index (κ3) is 2.63. The molecule has 0 unspecified atom stereocenters. The second kappa shape index (κ2) is 4.72. The van der Waals surface area contributed by atoms with Crippen molar-refractivity contribution in [1.82, 2.24) is 0 Å². The minimum atomic E-state index is 0.179. The van der Waals surface area contributed by atoms with Crippen LogP contribution in [0.3, 0.4) is 0 Å². The van der Waals surface area contributed by atoms with Gasteiger partial charge in [-0.3, -0.25) is 0 Å². The lowest BCUT2D eigenvalue weighted by atomic mass is 10.2. The van der Waals surface area contributed by atoms with Gasteiger partial charge in [-0.05, 0) is 31.2 Å². The van der Waals surface area contributed by atoms with Crippen LogP contribution in [-0.4, -0.2) is 24.8 Å². The number of hydrogen-bond acceptors (Lipinski definition) is 3. The lowest BCUT2D eigenvalue weighted by molar-refractivity contribution is 0.302. The number of anilines is 2. The molecule has 0 aromatic heterocycles. The Morgan fingerprint density at radius 2 is 1.92 bits per heavy atom. The van der Waals surface area contributed by atoms with Gasteiger partial charge in [0.1, 0.15) is 0 Å². The third-order valence-corrected chi connectivity index (χ3v) is 2.01. The maximum absolute atomic E-state index is 8.82. The first kappa shape index (κ1) is 9.86. The Labute approximate surface area is 78.8 Å². The first-order valence-electron chi connectivity index (χ1n) is 4.49. The van der Waals surface area contributed by atoms with E-state index in [-0.39, 0.29) is 6.61 Å². The quantitative estimate of drug-likeness (QED) is 0.682. The summed E-state index contributed by atoms with van der Waals surface area (Å²) in [5.41, 5.74) is 7.44. The number of aliphatic hydroxyl groups is 1. The van der Waals surface area contributed by atoms with Crippen molar-refractivity contribution >= 4 is 11.4 Å². The minimum Gasteiger partial charge on any atom is -0.399 e. The summed E-state index contributed by atoms with van der Waals surface area (Å²) in [6.45, 7) is 3.80. The van der Waals surface area contributed by atoms with Crippen LogP contribution in [0.15, 0.2) is 24.3 Å². The topological polar surface area (TPSA) is 49.5 Å². The van der Waals surface area contributed by atoms with Crippen LogP contribution in [0.1, 0.15) is 6.92 Å². The van der Waals surface area contributed by atoms with Crippen molar-refractivity contribution in [2.24, 2.45) is 0 Å². The smallest absolute Gasteiger partial charge is 0.0606 e. The predicted octanol–water partition coefficient (Wildman–Crippen LogP) is 1.09. The highest BCUT2D eigenvalue weighted by Gasteiger charge is 2.01. The monoisotopic (exact) mass is 180 g/mol. The van der Waals surface area contributed by atoms with Gasteiger partial charge in [-0.15, -0.1) is 0 Å². The Bertz CT molecular complexity index is 246. The van der Waals surface area contributed by atoms with Crippen LogP contribution >= 0.6 is 0 Å². The molecule has 0 saturated carbocycles. The van der Waals surface area contributed by atoms with Gasteiger partial charge in [-0.2, -0.15) is 0 Å². The molecule has 1 aromatic carbocycles. The molecule has 0 bridgehead atoms. The molecule has 0 atom stereocenters. The van der Waals surface area contributed by atoms with Crippen molar-refractivity contribution in [3.05, 3.63) is 24.3 Å². The van der Waals surface area contributed by atoms with Crippen LogP contribution in [-0.2, 0) is 0 Å². The summed E-state index contributed by atoms with van der Waals surface area (Å²) < 4.78 is 0. The van der Waals surface area contributed by atoms with E-state index in [0.29, 0.717) is 6.54 Å². The minimum absolute atomic E-state index is 0.179. The highest BCUT2D eigenvalue weighted by molar-refractivity contribution is 5.52. The second-order valence-electron chi connectivity index (χ2n) is 2.89. The highest BCUT2D eigenvalue weighted by atomic mass is 16.3. The summed E-state index contributed by atoms with van der Waals surface area (Å²) in [5, 5.41) is 8.82. The third-order valence-electron chi connectivity index (χ3n) is 2.01. The average Bonchev–Trinajstić information content (AvgIpc) is 2.16. The van der Waals surface area contributed by atoms with E-state index in [1.54, 1.807) is 0 Å². The number of hydrogen-bond donors (Lipinski definition) is 2. The number of benzene rings is 1. The summed E-state index contributed by atoms with van der Waals surface area (Å²) in [6, 6.07) is 7.67. The fourth-order valence-corrected chi connectivity index (χ4v) is 1.28. The molecule has 0 saturated heterocycles. The Hall–Kier alpha value is -1.22. The predicted molar refractivity (Wildman–Crippen MR) is 55.8 cm³/mol. The summed E-state index contributed by atoms with van der Waals surface area (Å²) in [7, 11) is 0. The highest BCUT2D eigenvalue weighted by Crippen LogP contribution is 2.15. The fourth-order valence-electron chi connectivity index (χ4n) is 1.28. The van der Waals surface area contributed by atoms with Crippen molar-refractivity contribution in [3.63, 3.8) is 0 Å². The van der Waals surface area contributed by atoms with Crippen molar-refractivity contribution < 1.29 is 5.11 Å². The Balaban J connectivity index is 2.73. The van der Waals surface area contributed by atoms with Crippen molar-refractivity contribution in [2.45, 2.75) is 6.92 Å². The van der Waals surface area contributed by atoms with Gasteiger partial charge in [0.25, 0.3) is 0 Å². The van der Waals surface area contributed by atoms with E-state index in [4.69, 9.17) is 10.8 Å². The van der Waals surface area contributed by atoms with Gasteiger partial charge in [0.15, 0.2) is 0 Å². The van der Waals surface area contributed by atoms with E-state index < -0.39 is 0 Å². The SMILES string of the molecule is CCN(CCO)c1ccc(N)cc1. The van der Waals surface area contributed by atoms with Crippen LogP contribution in [0.5, 0.6) is 0 Å². The molecule has 13 heavy (non-hydrogen) atoms. The first-order valence-corrected chi connectivity index (χ1v) is 4.49. The van der Waals surface area contributed by atoms with Crippen molar-refractivity contribution in [3.8, 4) is 0 Å². The van der Waals surface area contributed by atoms with Gasteiger partial charge in [-0.1, -0.05) is 0 Å². The molecule has 3 nitrogen and oxygen atoms in total. The summed E-state index contributed by atoms with van der Waals surface area (Å²) in [4.78, 5) is 2.10. The molecular weight excluding hydrogens is 164 g/mol. The molecule has 1 aromatic rings. The Morgan fingerprint density at radius 3 is 2.38 bits per heavy atom. The lowest BCUT2D eigenvalue weighted by Crippen LogP contribution is -2.25. The van der Waals surface area contributed by atoms with Crippen LogP contribution in [0.25, 0.3) is 0 Å². The second-order valence-corrected chi connectivity index (χ2v) is 2.89. The zero-order valence-electron chi connectivity index (χ0n) is 7.90. The number of rotatable bonds is 4. The van der Waals surface area contributed by atoms with Gasteiger partial charge in [-0.25, -0.2) is 0 Å². The van der Waals surface area contributed by atoms with Crippen molar-refractivity contribution in [2.75, 3.05) is 30.3 Å². The fraction of sp³-hybridized carbons (Fsp3) is 0.400. The molecule has 72 valence electrons. The summed E-state index contributed by atoms with van der Waals surface area (Å²) in [5.74, 6) is 0. The first-order chi connectivity index (χ1) is 6.27. The zero-order valence-corrected chi connectivity index (χ0v) is 7.90. The average molecular weight is 180 g/mol. The number of likely N-dealkylation sites (N-methyl/N-ethyl adjacent to an activating group) is 1. The molecule has 0 aliphatic carbocycles. The van der Waals surface area contributed by atoms with Crippen LogP contribution in [0.2, 0.25) is 0 Å². The maximum Gasteiger partial charge on any atom is 0.0606 e. The van der Waals surface area contributed by atoms with E-state index in [0.717, 1.165) is 17.9 Å². The largest absolute Gasteiger partial charge is 0.399 e. The molecule has 0 aliphatic rings. The van der Waals surface area contributed by atoms with Gasteiger partial charge >= 0.3 is 0 Å². The van der Waals surface area contributed by atoms with Crippen LogP contribution in [0, 0.1) is 0 Å². The van der Waals surface area contributed by atoms with E-state index in [9.17, 15) is 0 Å². The normalized spacial score (nSPS) is 10.0. The van der Waals surface area contributed by atoms with Crippen molar-refractivity contribution in [1.29, 1.82) is 0 Å². The lowest BCUT2D eigenvalue weighted by Gasteiger charge is -2.21. The summed E-state index contributed by atoms with van der Waals surface area (Å²) in [6.07, 6.45) is 0. The van der Waals surface area contributed by atoms with Gasteiger partial charge in [0.05, 0.1) is 6.61 Å².